The van der Waals surface area contributed by atoms with Crippen LogP contribution >= 0.6 is 11.6 Å². The molecule has 0 heterocycles. The van der Waals surface area contributed by atoms with Gasteiger partial charge in [0.25, 0.3) is 0 Å². The van der Waals surface area contributed by atoms with Crippen molar-refractivity contribution in [3.05, 3.63) is 29.3 Å². The van der Waals surface area contributed by atoms with E-state index in [1.807, 2.05) is 0 Å². The van der Waals surface area contributed by atoms with Crippen LogP contribution in [0.2, 0.25) is 5.02 Å². The number of hydrogen-bond donors (Lipinski definition) is 1. The van der Waals surface area contributed by atoms with Crippen LogP contribution < -0.4 is 10.0 Å². The third-order valence-electron chi connectivity index (χ3n) is 2.15. The maximum absolute atomic E-state index is 11.9. The maximum Gasteiger partial charge on any atom is 0.234 e. The Kier molecular flexibility index (Phi) is 4.58. The SMILES string of the molecule is CCS(=O)(=O)N(CCN)c1ccccc1Cl. The van der Waals surface area contributed by atoms with Gasteiger partial charge in [-0.3, -0.25) is 4.31 Å². The summed E-state index contributed by atoms with van der Waals surface area (Å²) in [7, 11) is -3.33. The molecule has 0 aromatic heterocycles. The van der Waals surface area contributed by atoms with Crippen LogP contribution in [0.1, 0.15) is 6.92 Å². The van der Waals surface area contributed by atoms with Gasteiger partial charge in [-0.05, 0) is 19.1 Å². The lowest BCUT2D eigenvalue weighted by molar-refractivity contribution is 0.592. The number of benzene rings is 1. The lowest BCUT2D eigenvalue weighted by Gasteiger charge is -2.23. The molecule has 1 aromatic carbocycles. The van der Waals surface area contributed by atoms with E-state index < -0.39 is 10.0 Å². The molecule has 4 nitrogen and oxygen atoms in total. The average Bonchev–Trinajstić information content (AvgIpc) is 2.27. The van der Waals surface area contributed by atoms with Crippen LogP contribution in [-0.4, -0.2) is 27.3 Å². The molecular formula is C10H15ClN2O2S. The van der Waals surface area contributed by atoms with Crippen LogP contribution in [-0.2, 0) is 10.0 Å². The minimum Gasteiger partial charge on any atom is -0.329 e. The zero-order valence-corrected chi connectivity index (χ0v) is 10.6. The van der Waals surface area contributed by atoms with Crippen molar-refractivity contribution in [2.75, 3.05) is 23.1 Å². The van der Waals surface area contributed by atoms with Crippen LogP contribution in [0.4, 0.5) is 5.69 Å². The fourth-order valence-electron chi connectivity index (χ4n) is 1.34. The zero-order valence-electron chi connectivity index (χ0n) is 9.06. The summed E-state index contributed by atoms with van der Waals surface area (Å²) in [5, 5.41) is 0.410. The number of rotatable bonds is 5. The van der Waals surface area contributed by atoms with Crippen LogP contribution in [0.25, 0.3) is 0 Å². The first-order valence-corrected chi connectivity index (χ1v) is 6.96. The molecule has 0 bridgehead atoms. The minimum absolute atomic E-state index is 0.0260. The summed E-state index contributed by atoms with van der Waals surface area (Å²) >= 11 is 5.97. The summed E-state index contributed by atoms with van der Waals surface area (Å²) in [5.74, 6) is 0.0260. The number of halogens is 1. The Labute approximate surface area is 101 Å². The summed E-state index contributed by atoms with van der Waals surface area (Å²) in [4.78, 5) is 0. The largest absolute Gasteiger partial charge is 0.329 e. The van der Waals surface area contributed by atoms with E-state index >= 15 is 0 Å². The first kappa shape index (κ1) is 13.3. The Morgan fingerprint density at radius 3 is 2.50 bits per heavy atom. The second kappa shape index (κ2) is 5.52. The molecule has 0 saturated carbocycles. The number of nitrogens with two attached hydrogens (primary N) is 1. The third-order valence-corrected chi connectivity index (χ3v) is 4.25. The molecular weight excluding hydrogens is 248 g/mol. The zero-order chi connectivity index (χ0) is 12.2. The highest BCUT2D eigenvalue weighted by molar-refractivity contribution is 7.92. The molecule has 0 atom stereocenters. The quantitative estimate of drug-likeness (QED) is 0.874. The van der Waals surface area contributed by atoms with E-state index in [1.54, 1.807) is 31.2 Å². The Morgan fingerprint density at radius 2 is 2.00 bits per heavy atom. The van der Waals surface area contributed by atoms with Crippen molar-refractivity contribution < 1.29 is 8.42 Å². The number of anilines is 1. The van der Waals surface area contributed by atoms with Gasteiger partial charge in [0, 0.05) is 13.1 Å². The standard InChI is InChI=1S/C10H15ClN2O2S/c1-2-16(14,15)13(8-7-12)10-6-4-3-5-9(10)11/h3-6H,2,7-8,12H2,1H3. The first-order chi connectivity index (χ1) is 7.53. The predicted molar refractivity (Wildman–Crippen MR) is 67.3 cm³/mol. The number of nitrogens with zero attached hydrogens (tertiary/aromatic N) is 1. The van der Waals surface area contributed by atoms with E-state index in [-0.39, 0.29) is 18.8 Å². The number of para-hydroxylation sites is 1. The average molecular weight is 263 g/mol. The summed E-state index contributed by atoms with van der Waals surface area (Å²) < 4.78 is 25.0. The lowest BCUT2D eigenvalue weighted by Crippen LogP contribution is -2.36. The summed E-state index contributed by atoms with van der Waals surface area (Å²) in [6.45, 7) is 2.08. The fourth-order valence-corrected chi connectivity index (χ4v) is 2.78. The van der Waals surface area contributed by atoms with E-state index in [0.29, 0.717) is 10.7 Å². The number of hydrogen-bond acceptors (Lipinski definition) is 3. The summed E-state index contributed by atoms with van der Waals surface area (Å²) in [5.41, 5.74) is 5.90. The molecule has 0 aliphatic rings. The minimum atomic E-state index is -3.33. The van der Waals surface area contributed by atoms with E-state index in [0.717, 1.165) is 0 Å². The van der Waals surface area contributed by atoms with Gasteiger partial charge in [-0.25, -0.2) is 8.42 Å². The topological polar surface area (TPSA) is 63.4 Å². The maximum atomic E-state index is 11.9. The molecule has 16 heavy (non-hydrogen) atoms. The molecule has 2 N–H and O–H groups in total. The van der Waals surface area contributed by atoms with Crippen molar-refractivity contribution in [2.24, 2.45) is 5.73 Å². The smallest absolute Gasteiger partial charge is 0.234 e. The first-order valence-electron chi connectivity index (χ1n) is 4.98. The molecule has 1 rings (SSSR count). The summed E-state index contributed by atoms with van der Waals surface area (Å²) in [6, 6.07) is 6.83. The Balaban J connectivity index is 3.18. The monoisotopic (exact) mass is 262 g/mol. The van der Waals surface area contributed by atoms with Gasteiger partial charge in [-0.15, -0.1) is 0 Å². The fraction of sp³-hybridized carbons (Fsp3) is 0.400. The van der Waals surface area contributed by atoms with Gasteiger partial charge in [-0.2, -0.15) is 0 Å². The molecule has 0 radical (unpaired) electrons. The Hall–Kier alpha value is -0.780. The normalized spacial score (nSPS) is 11.4. The van der Waals surface area contributed by atoms with Gasteiger partial charge in [0.2, 0.25) is 10.0 Å². The molecule has 6 heteroatoms. The molecule has 1 aromatic rings. The predicted octanol–water partition coefficient (Wildman–Crippen LogP) is 1.45. The molecule has 0 fully saturated rings. The molecule has 0 saturated heterocycles. The van der Waals surface area contributed by atoms with Crippen molar-refractivity contribution in [2.45, 2.75) is 6.92 Å². The highest BCUT2D eigenvalue weighted by Gasteiger charge is 2.21. The molecule has 0 spiro atoms. The van der Waals surface area contributed by atoms with Crippen molar-refractivity contribution in [3.63, 3.8) is 0 Å². The van der Waals surface area contributed by atoms with Crippen molar-refractivity contribution in [1.29, 1.82) is 0 Å². The highest BCUT2D eigenvalue weighted by Crippen LogP contribution is 2.27. The second-order valence-corrected chi connectivity index (χ2v) is 5.80. The van der Waals surface area contributed by atoms with E-state index in [1.165, 1.54) is 4.31 Å². The number of sulfonamides is 1. The van der Waals surface area contributed by atoms with Gasteiger partial charge >= 0.3 is 0 Å². The van der Waals surface area contributed by atoms with Crippen molar-refractivity contribution in [3.8, 4) is 0 Å². The second-order valence-electron chi connectivity index (χ2n) is 3.21. The van der Waals surface area contributed by atoms with E-state index in [2.05, 4.69) is 0 Å². The molecule has 0 unspecified atom stereocenters. The van der Waals surface area contributed by atoms with E-state index in [9.17, 15) is 8.42 Å². The van der Waals surface area contributed by atoms with Crippen LogP contribution in [0.15, 0.2) is 24.3 Å². The Bertz CT molecular complexity index is 448. The van der Waals surface area contributed by atoms with Crippen molar-refractivity contribution >= 4 is 27.3 Å². The highest BCUT2D eigenvalue weighted by atomic mass is 35.5. The van der Waals surface area contributed by atoms with Crippen molar-refractivity contribution in [1.82, 2.24) is 0 Å². The van der Waals surface area contributed by atoms with E-state index in [4.69, 9.17) is 17.3 Å². The van der Waals surface area contributed by atoms with Gasteiger partial charge in [0.1, 0.15) is 0 Å². The Morgan fingerprint density at radius 1 is 1.38 bits per heavy atom. The van der Waals surface area contributed by atoms with Gasteiger partial charge in [-0.1, -0.05) is 23.7 Å². The molecule has 0 amide bonds. The van der Waals surface area contributed by atoms with Gasteiger partial charge in [0.05, 0.1) is 16.5 Å². The lowest BCUT2D eigenvalue weighted by atomic mass is 10.3. The van der Waals surface area contributed by atoms with Gasteiger partial charge < -0.3 is 5.73 Å². The third kappa shape index (κ3) is 2.87. The van der Waals surface area contributed by atoms with Crippen LogP contribution in [0, 0.1) is 0 Å². The molecule has 0 aliphatic carbocycles. The van der Waals surface area contributed by atoms with Gasteiger partial charge in [0.15, 0.2) is 0 Å². The summed E-state index contributed by atoms with van der Waals surface area (Å²) in [6.07, 6.45) is 0. The molecule has 90 valence electrons. The van der Waals surface area contributed by atoms with Crippen LogP contribution in [0.3, 0.4) is 0 Å². The molecule has 0 aliphatic heterocycles. The van der Waals surface area contributed by atoms with Crippen LogP contribution in [0.5, 0.6) is 0 Å².